The summed E-state index contributed by atoms with van der Waals surface area (Å²) < 4.78 is 5.61. The van der Waals surface area contributed by atoms with Crippen LogP contribution < -0.4 is 15.4 Å². The Hall–Kier alpha value is -1.75. The zero-order valence-electron chi connectivity index (χ0n) is 11.6. The summed E-state index contributed by atoms with van der Waals surface area (Å²) in [6.07, 6.45) is 2.04. The highest BCUT2D eigenvalue weighted by Gasteiger charge is 2.19. The fourth-order valence-electron chi connectivity index (χ4n) is 2.38. The van der Waals surface area contributed by atoms with Crippen molar-refractivity contribution in [3.63, 3.8) is 0 Å². The van der Waals surface area contributed by atoms with Crippen LogP contribution >= 0.6 is 11.3 Å². The second-order valence-corrected chi connectivity index (χ2v) is 5.95. The van der Waals surface area contributed by atoms with Gasteiger partial charge in [0.2, 0.25) is 5.88 Å². The van der Waals surface area contributed by atoms with Crippen molar-refractivity contribution in [1.82, 2.24) is 4.98 Å². The molecule has 0 amide bonds. The first kappa shape index (κ1) is 13.2. The zero-order chi connectivity index (χ0) is 13.9. The third-order valence-electron chi connectivity index (χ3n) is 3.45. The highest BCUT2D eigenvalue weighted by molar-refractivity contribution is 7.10. The van der Waals surface area contributed by atoms with Crippen LogP contribution in [0.15, 0.2) is 23.6 Å². The predicted octanol–water partition coefficient (Wildman–Crippen LogP) is 3.08. The molecule has 1 aliphatic heterocycles. The zero-order valence-corrected chi connectivity index (χ0v) is 12.4. The molecular weight excluding hydrogens is 270 g/mol. The lowest BCUT2D eigenvalue weighted by Gasteiger charge is -2.28. The van der Waals surface area contributed by atoms with Gasteiger partial charge in [0.25, 0.3) is 0 Å². The van der Waals surface area contributed by atoms with Crippen LogP contribution in [0.4, 0.5) is 11.5 Å². The first-order valence-electron chi connectivity index (χ1n) is 6.97. The average Bonchev–Trinajstić information content (AvgIpc) is 2.94. The van der Waals surface area contributed by atoms with Gasteiger partial charge in [0.05, 0.1) is 12.3 Å². The van der Waals surface area contributed by atoms with Crippen molar-refractivity contribution in [2.24, 2.45) is 0 Å². The molecule has 1 aliphatic rings. The van der Waals surface area contributed by atoms with Crippen molar-refractivity contribution in [2.75, 3.05) is 23.8 Å². The molecule has 0 saturated carbocycles. The van der Waals surface area contributed by atoms with Gasteiger partial charge in [0.15, 0.2) is 0 Å². The van der Waals surface area contributed by atoms with Gasteiger partial charge >= 0.3 is 0 Å². The number of thiophene rings is 1. The second-order valence-electron chi connectivity index (χ2n) is 4.95. The monoisotopic (exact) mass is 289 g/mol. The van der Waals surface area contributed by atoms with Crippen LogP contribution in [0.5, 0.6) is 5.88 Å². The Morgan fingerprint density at radius 3 is 3.15 bits per heavy atom. The number of fused-ring (bicyclic) bond motifs is 1. The van der Waals surface area contributed by atoms with Gasteiger partial charge in [0, 0.05) is 18.0 Å². The molecule has 106 valence electrons. The Balaban J connectivity index is 1.80. The number of anilines is 2. The molecule has 0 unspecified atom stereocenters. The van der Waals surface area contributed by atoms with E-state index in [2.05, 4.69) is 28.3 Å². The quantitative estimate of drug-likeness (QED) is 0.939. The molecule has 2 N–H and O–H groups in total. The van der Waals surface area contributed by atoms with E-state index in [1.54, 1.807) is 0 Å². The fraction of sp³-hybridized carbons (Fsp3) is 0.400. The van der Waals surface area contributed by atoms with E-state index in [9.17, 15) is 0 Å². The Morgan fingerprint density at radius 1 is 1.40 bits per heavy atom. The molecule has 3 rings (SSSR count). The molecule has 0 bridgehead atoms. The maximum absolute atomic E-state index is 5.92. The minimum Gasteiger partial charge on any atom is -0.476 e. The fourth-order valence-corrected chi connectivity index (χ4v) is 3.27. The van der Waals surface area contributed by atoms with Gasteiger partial charge in [-0.15, -0.1) is 11.3 Å². The topological polar surface area (TPSA) is 51.4 Å². The summed E-state index contributed by atoms with van der Waals surface area (Å²) in [5.74, 6) is 1.50. The minimum absolute atomic E-state index is 0.556. The average molecular weight is 289 g/mol. The van der Waals surface area contributed by atoms with E-state index in [4.69, 9.17) is 10.5 Å². The number of nitrogens with zero attached hydrogens (tertiary/aromatic N) is 2. The van der Waals surface area contributed by atoms with Gasteiger partial charge in [-0.1, -0.05) is 6.92 Å². The molecule has 2 aromatic rings. The van der Waals surface area contributed by atoms with Gasteiger partial charge in [0.1, 0.15) is 5.82 Å². The molecule has 0 fully saturated rings. The van der Waals surface area contributed by atoms with E-state index in [0.29, 0.717) is 18.2 Å². The second kappa shape index (κ2) is 5.71. The summed E-state index contributed by atoms with van der Waals surface area (Å²) in [5.41, 5.74) is 7.94. The molecule has 0 radical (unpaired) electrons. The molecule has 3 heterocycles. The number of hydrogen-bond donors (Lipinski definition) is 1. The number of aromatic nitrogens is 1. The summed E-state index contributed by atoms with van der Waals surface area (Å²) in [6.45, 7) is 4.64. The first-order chi connectivity index (χ1) is 9.78. The Bertz CT molecular complexity index is 597. The third-order valence-corrected chi connectivity index (χ3v) is 4.47. The summed E-state index contributed by atoms with van der Waals surface area (Å²) in [4.78, 5) is 8.36. The van der Waals surface area contributed by atoms with E-state index in [-0.39, 0.29) is 0 Å². The molecule has 20 heavy (non-hydrogen) atoms. The normalized spacial score (nSPS) is 14.2. The van der Waals surface area contributed by atoms with E-state index in [0.717, 1.165) is 31.7 Å². The van der Waals surface area contributed by atoms with Crippen LogP contribution in [0, 0.1) is 0 Å². The van der Waals surface area contributed by atoms with Crippen LogP contribution in [0.3, 0.4) is 0 Å². The van der Waals surface area contributed by atoms with E-state index in [1.807, 2.05) is 23.5 Å². The van der Waals surface area contributed by atoms with Crippen molar-refractivity contribution in [1.29, 1.82) is 0 Å². The number of pyridine rings is 1. The lowest BCUT2D eigenvalue weighted by molar-refractivity contribution is 0.307. The summed E-state index contributed by atoms with van der Waals surface area (Å²) in [6, 6.07) is 6.07. The lowest BCUT2D eigenvalue weighted by atomic mass is 10.1. The smallest absolute Gasteiger partial charge is 0.239 e. The van der Waals surface area contributed by atoms with Crippen LogP contribution in [0.1, 0.15) is 23.8 Å². The molecule has 0 saturated heterocycles. The van der Waals surface area contributed by atoms with Crippen LogP contribution in [-0.4, -0.2) is 18.1 Å². The van der Waals surface area contributed by atoms with Crippen molar-refractivity contribution in [3.8, 4) is 5.88 Å². The highest BCUT2D eigenvalue weighted by atomic mass is 32.1. The Morgan fingerprint density at radius 2 is 2.30 bits per heavy atom. The molecular formula is C15H19N3OS. The van der Waals surface area contributed by atoms with Crippen molar-refractivity contribution in [2.45, 2.75) is 26.3 Å². The Kier molecular flexibility index (Phi) is 3.78. The van der Waals surface area contributed by atoms with Gasteiger partial charge in [-0.05, 0) is 42.0 Å². The number of nitrogens with two attached hydrogens (primary N) is 1. The molecule has 0 aliphatic carbocycles. The van der Waals surface area contributed by atoms with Gasteiger partial charge in [-0.2, -0.15) is 4.98 Å². The van der Waals surface area contributed by atoms with E-state index in [1.165, 1.54) is 10.4 Å². The molecule has 2 aromatic heterocycles. The van der Waals surface area contributed by atoms with Crippen molar-refractivity contribution in [3.05, 3.63) is 34.0 Å². The van der Waals surface area contributed by atoms with E-state index >= 15 is 0 Å². The highest BCUT2D eigenvalue weighted by Crippen LogP contribution is 2.29. The van der Waals surface area contributed by atoms with Crippen LogP contribution in [0.25, 0.3) is 0 Å². The maximum atomic E-state index is 5.92. The SMILES string of the molecule is CCCOc1nc(N2CCc3sccc3C2)ccc1N. The first-order valence-corrected chi connectivity index (χ1v) is 7.85. The molecule has 0 aromatic carbocycles. The third kappa shape index (κ3) is 2.58. The lowest BCUT2D eigenvalue weighted by Crippen LogP contribution is -2.30. The number of nitrogen functional groups attached to an aromatic ring is 1. The molecule has 0 atom stereocenters. The van der Waals surface area contributed by atoms with Crippen LogP contribution in [-0.2, 0) is 13.0 Å². The van der Waals surface area contributed by atoms with Gasteiger partial charge < -0.3 is 15.4 Å². The minimum atomic E-state index is 0.556. The molecule has 4 nitrogen and oxygen atoms in total. The summed E-state index contributed by atoms with van der Waals surface area (Å²) in [5, 5.41) is 2.17. The maximum Gasteiger partial charge on any atom is 0.239 e. The largest absolute Gasteiger partial charge is 0.476 e. The van der Waals surface area contributed by atoms with Crippen molar-refractivity contribution >= 4 is 22.8 Å². The Labute approximate surface area is 123 Å². The van der Waals surface area contributed by atoms with E-state index < -0.39 is 0 Å². The van der Waals surface area contributed by atoms with Crippen molar-refractivity contribution < 1.29 is 4.74 Å². The summed E-state index contributed by atoms with van der Waals surface area (Å²) in [7, 11) is 0. The standard InChI is InChI=1S/C15H19N3OS/c1-2-8-19-15-12(16)3-4-14(17-15)18-7-5-13-11(10-18)6-9-20-13/h3-4,6,9H,2,5,7-8,10,16H2,1H3. The van der Waals surface area contributed by atoms with Gasteiger partial charge in [-0.3, -0.25) is 0 Å². The molecule has 0 spiro atoms. The van der Waals surface area contributed by atoms with Gasteiger partial charge in [-0.25, -0.2) is 0 Å². The number of hydrogen-bond acceptors (Lipinski definition) is 5. The molecule has 5 heteroatoms. The number of rotatable bonds is 4. The van der Waals surface area contributed by atoms with Crippen LogP contribution in [0.2, 0.25) is 0 Å². The number of ether oxygens (including phenoxy) is 1. The summed E-state index contributed by atoms with van der Waals surface area (Å²) >= 11 is 1.85. The predicted molar refractivity (Wildman–Crippen MR) is 83.5 cm³/mol.